The van der Waals surface area contributed by atoms with E-state index in [2.05, 4.69) is 10.3 Å². The van der Waals surface area contributed by atoms with E-state index < -0.39 is 6.04 Å². The molecule has 1 fully saturated rings. The highest BCUT2D eigenvalue weighted by molar-refractivity contribution is 7.13. The molecule has 8 heteroatoms. The number of likely N-dealkylation sites (tertiary alicyclic amines) is 1. The summed E-state index contributed by atoms with van der Waals surface area (Å²) in [6.07, 6.45) is 3.01. The SMILES string of the molecule is O=C(Nc1nccs1)C1CCCN1C(=O)c1ccc(Cl)cc1Cl. The number of nitrogens with one attached hydrogen (secondary N) is 1. The van der Waals surface area contributed by atoms with Crippen LogP contribution in [0.3, 0.4) is 0 Å². The third kappa shape index (κ3) is 3.49. The molecular weight excluding hydrogens is 357 g/mol. The van der Waals surface area contributed by atoms with Gasteiger partial charge in [-0.2, -0.15) is 0 Å². The second-order valence-corrected chi connectivity index (χ2v) is 6.85. The van der Waals surface area contributed by atoms with Gasteiger partial charge in [0.05, 0.1) is 10.6 Å². The summed E-state index contributed by atoms with van der Waals surface area (Å²) >= 11 is 13.3. The average Bonchev–Trinajstić information content (AvgIpc) is 3.17. The number of nitrogens with zero attached hydrogens (tertiary/aromatic N) is 2. The number of benzene rings is 1. The number of hydrogen-bond donors (Lipinski definition) is 1. The van der Waals surface area contributed by atoms with Crippen LogP contribution in [0, 0.1) is 0 Å². The molecule has 3 rings (SSSR count). The van der Waals surface area contributed by atoms with Gasteiger partial charge >= 0.3 is 0 Å². The first-order valence-electron chi connectivity index (χ1n) is 7.02. The van der Waals surface area contributed by atoms with Crippen molar-refractivity contribution in [1.82, 2.24) is 9.88 Å². The molecule has 1 aromatic carbocycles. The van der Waals surface area contributed by atoms with Crippen LogP contribution in [0.4, 0.5) is 5.13 Å². The maximum atomic E-state index is 12.7. The minimum Gasteiger partial charge on any atom is -0.327 e. The average molecular weight is 370 g/mol. The van der Waals surface area contributed by atoms with Crippen molar-refractivity contribution in [2.75, 3.05) is 11.9 Å². The standard InChI is InChI=1S/C15H13Cl2N3O2S/c16-9-3-4-10(11(17)8-9)14(22)20-6-1-2-12(20)13(21)19-15-18-5-7-23-15/h3-5,7-8,12H,1-2,6H2,(H,18,19,21). The molecule has 0 aliphatic carbocycles. The van der Waals surface area contributed by atoms with Gasteiger partial charge in [0.2, 0.25) is 5.91 Å². The molecule has 1 N–H and O–H groups in total. The molecule has 0 bridgehead atoms. The number of aromatic nitrogens is 1. The fourth-order valence-electron chi connectivity index (χ4n) is 2.57. The molecule has 1 saturated heterocycles. The Morgan fingerprint density at radius 1 is 1.35 bits per heavy atom. The minimum atomic E-state index is -0.516. The van der Waals surface area contributed by atoms with Crippen LogP contribution in [0.5, 0.6) is 0 Å². The van der Waals surface area contributed by atoms with Crippen LogP contribution in [-0.4, -0.2) is 34.3 Å². The Morgan fingerprint density at radius 3 is 2.87 bits per heavy atom. The molecule has 2 aromatic rings. The Labute approximate surface area is 147 Å². The summed E-state index contributed by atoms with van der Waals surface area (Å²) in [5.41, 5.74) is 0.352. The zero-order valence-electron chi connectivity index (χ0n) is 12.0. The maximum Gasteiger partial charge on any atom is 0.256 e. The van der Waals surface area contributed by atoms with Gasteiger partial charge in [-0.05, 0) is 31.0 Å². The Hall–Kier alpha value is -1.63. The van der Waals surface area contributed by atoms with E-state index in [-0.39, 0.29) is 16.8 Å². The summed E-state index contributed by atoms with van der Waals surface area (Å²) in [5.74, 6) is -0.487. The first-order chi connectivity index (χ1) is 11.1. The van der Waals surface area contributed by atoms with Crippen molar-refractivity contribution in [2.24, 2.45) is 0 Å². The van der Waals surface area contributed by atoms with Gasteiger partial charge in [-0.1, -0.05) is 23.2 Å². The van der Waals surface area contributed by atoms with Crippen LogP contribution in [-0.2, 0) is 4.79 Å². The zero-order chi connectivity index (χ0) is 16.4. The lowest BCUT2D eigenvalue weighted by Crippen LogP contribution is -2.43. The molecular formula is C15H13Cl2N3O2S. The maximum absolute atomic E-state index is 12.7. The summed E-state index contributed by atoms with van der Waals surface area (Å²) in [6, 6.07) is 4.21. The third-order valence-electron chi connectivity index (χ3n) is 3.64. The van der Waals surface area contributed by atoms with Gasteiger partial charge in [-0.25, -0.2) is 4.98 Å². The molecule has 5 nitrogen and oxygen atoms in total. The van der Waals surface area contributed by atoms with Gasteiger partial charge in [-0.3, -0.25) is 9.59 Å². The van der Waals surface area contributed by atoms with Gasteiger partial charge in [0, 0.05) is 23.1 Å². The van der Waals surface area contributed by atoms with Gasteiger partial charge in [0.25, 0.3) is 5.91 Å². The molecule has 1 aromatic heterocycles. The van der Waals surface area contributed by atoms with E-state index >= 15 is 0 Å². The van der Waals surface area contributed by atoms with Crippen molar-refractivity contribution in [3.05, 3.63) is 45.4 Å². The zero-order valence-corrected chi connectivity index (χ0v) is 14.3. The van der Waals surface area contributed by atoms with Crippen LogP contribution in [0.1, 0.15) is 23.2 Å². The number of halogens is 2. The molecule has 120 valence electrons. The smallest absolute Gasteiger partial charge is 0.256 e. The van der Waals surface area contributed by atoms with Crippen molar-refractivity contribution >= 4 is 51.5 Å². The second-order valence-electron chi connectivity index (χ2n) is 5.11. The third-order valence-corrected chi connectivity index (χ3v) is 4.88. The predicted octanol–water partition coefficient (Wildman–Crippen LogP) is 3.69. The Morgan fingerprint density at radius 2 is 2.17 bits per heavy atom. The summed E-state index contributed by atoms with van der Waals surface area (Å²) in [4.78, 5) is 30.7. The molecule has 23 heavy (non-hydrogen) atoms. The summed E-state index contributed by atoms with van der Waals surface area (Å²) in [5, 5.41) is 5.80. The lowest BCUT2D eigenvalue weighted by Gasteiger charge is -2.24. The van der Waals surface area contributed by atoms with E-state index in [1.54, 1.807) is 28.6 Å². The van der Waals surface area contributed by atoms with Crippen LogP contribution >= 0.6 is 34.5 Å². The van der Waals surface area contributed by atoms with Crippen molar-refractivity contribution in [2.45, 2.75) is 18.9 Å². The number of thiazole rings is 1. The Bertz CT molecular complexity index is 736. The number of carbonyl (C=O) groups excluding carboxylic acids is 2. The molecule has 1 unspecified atom stereocenters. The summed E-state index contributed by atoms with van der Waals surface area (Å²) < 4.78 is 0. The Balaban J connectivity index is 1.78. The van der Waals surface area contributed by atoms with Gasteiger partial charge in [0.1, 0.15) is 6.04 Å². The first-order valence-corrected chi connectivity index (χ1v) is 8.66. The van der Waals surface area contributed by atoms with Gasteiger partial charge in [0.15, 0.2) is 5.13 Å². The van der Waals surface area contributed by atoms with Crippen molar-refractivity contribution in [1.29, 1.82) is 0 Å². The fourth-order valence-corrected chi connectivity index (χ4v) is 3.60. The molecule has 0 spiro atoms. The van der Waals surface area contributed by atoms with Crippen LogP contribution < -0.4 is 5.32 Å². The van der Waals surface area contributed by atoms with Crippen molar-refractivity contribution < 1.29 is 9.59 Å². The van der Waals surface area contributed by atoms with E-state index in [0.717, 1.165) is 6.42 Å². The van der Waals surface area contributed by atoms with E-state index in [1.807, 2.05) is 0 Å². The van der Waals surface area contributed by atoms with Gasteiger partial charge in [-0.15, -0.1) is 11.3 Å². The van der Waals surface area contributed by atoms with Crippen LogP contribution in [0.15, 0.2) is 29.8 Å². The molecule has 1 aliphatic heterocycles. The number of carbonyl (C=O) groups is 2. The molecule has 0 radical (unpaired) electrons. The Kier molecular flexibility index (Phi) is 4.84. The molecule has 1 atom stereocenters. The fraction of sp³-hybridized carbons (Fsp3) is 0.267. The van der Waals surface area contributed by atoms with E-state index in [4.69, 9.17) is 23.2 Å². The number of rotatable bonds is 3. The van der Waals surface area contributed by atoms with Crippen LogP contribution in [0.25, 0.3) is 0 Å². The molecule has 2 amide bonds. The predicted molar refractivity (Wildman–Crippen MR) is 91.3 cm³/mol. The first kappa shape index (κ1) is 16.2. The van der Waals surface area contributed by atoms with Crippen molar-refractivity contribution in [3.63, 3.8) is 0 Å². The number of hydrogen-bond acceptors (Lipinski definition) is 4. The van der Waals surface area contributed by atoms with Gasteiger partial charge < -0.3 is 10.2 Å². The lowest BCUT2D eigenvalue weighted by atomic mass is 10.1. The van der Waals surface area contributed by atoms with E-state index in [1.165, 1.54) is 17.4 Å². The molecule has 2 heterocycles. The highest BCUT2D eigenvalue weighted by Gasteiger charge is 2.35. The largest absolute Gasteiger partial charge is 0.327 e. The summed E-state index contributed by atoms with van der Waals surface area (Å²) in [7, 11) is 0. The van der Waals surface area contributed by atoms with Crippen molar-refractivity contribution in [3.8, 4) is 0 Å². The number of amides is 2. The molecule has 1 aliphatic rings. The van der Waals surface area contributed by atoms with E-state index in [0.29, 0.717) is 28.7 Å². The normalized spacial score (nSPS) is 17.3. The van der Waals surface area contributed by atoms with E-state index in [9.17, 15) is 9.59 Å². The lowest BCUT2D eigenvalue weighted by molar-refractivity contribution is -0.119. The summed E-state index contributed by atoms with van der Waals surface area (Å²) in [6.45, 7) is 0.522. The second kappa shape index (κ2) is 6.86. The number of anilines is 1. The topological polar surface area (TPSA) is 62.3 Å². The minimum absolute atomic E-state index is 0.226. The monoisotopic (exact) mass is 369 g/mol. The highest BCUT2D eigenvalue weighted by atomic mass is 35.5. The quantitative estimate of drug-likeness (QED) is 0.896. The van der Waals surface area contributed by atoms with Crippen LogP contribution in [0.2, 0.25) is 10.0 Å². The highest BCUT2D eigenvalue weighted by Crippen LogP contribution is 2.27. The molecule has 0 saturated carbocycles.